The number of H-pyrrole nitrogens is 1. The summed E-state index contributed by atoms with van der Waals surface area (Å²) >= 11 is 3.31. The van der Waals surface area contributed by atoms with Gasteiger partial charge < -0.3 is 4.90 Å². The Morgan fingerprint density at radius 2 is 2.20 bits per heavy atom. The van der Waals surface area contributed by atoms with Crippen LogP contribution in [0.1, 0.15) is 34.4 Å². The number of aromatic amines is 1. The predicted octanol–water partition coefficient (Wildman–Crippen LogP) is 2.28. The number of hydrogen-bond donors (Lipinski definition) is 1. The fourth-order valence-electron chi connectivity index (χ4n) is 2.19. The summed E-state index contributed by atoms with van der Waals surface area (Å²) in [5.74, 6) is -0.0996. The number of rotatable bonds is 4. The van der Waals surface area contributed by atoms with Crippen LogP contribution in [0.3, 0.4) is 0 Å². The van der Waals surface area contributed by atoms with Gasteiger partial charge in [0.2, 0.25) is 0 Å². The summed E-state index contributed by atoms with van der Waals surface area (Å²) in [6, 6.07) is 0. The molecule has 0 spiro atoms. The van der Waals surface area contributed by atoms with Crippen LogP contribution >= 0.6 is 15.9 Å². The molecule has 2 rings (SSSR count). The Morgan fingerprint density at radius 3 is 2.70 bits per heavy atom. The minimum Gasteiger partial charge on any atom is -0.336 e. The second kappa shape index (κ2) is 5.78. The van der Waals surface area contributed by atoms with E-state index >= 15 is 0 Å². The molecule has 0 aromatic carbocycles. The van der Waals surface area contributed by atoms with Gasteiger partial charge in [-0.05, 0) is 36.7 Å². The summed E-state index contributed by atoms with van der Waals surface area (Å²) in [5.41, 5.74) is 3.63. The van der Waals surface area contributed by atoms with Crippen molar-refractivity contribution in [2.75, 3.05) is 7.05 Å². The van der Waals surface area contributed by atoms with Gasteiger partial charge in [0.05, 0.1) is 16.4 Å². The van der Waals surface area contributed by atoms with Gasteiger partial charge >= 0.3 is 0 Å². The smallest absolute Gasteiger partial charge is 0.273 e. The van der Waals surface area contributed by atoms with Gasteiger partial charge in [-0.1, -0.05) is 0 Å². The van der Waals surface area contributed by atoms with Crippen molar-refractivity contribution in [2.24, 2.45) is 0 Å². The van der Waals surface area contributed by atoms with E-state index in [2.05, 4.69) is 38.1 Å². The zero-order chi connectivity index (χ0) is 14.9. The molecular formula is C13H18BrN5O. The number of halogens is 1. The van der Waals surface area contributed by atoms with Crippen LogP contribution in [-0.2, 0) is 13.1 Å². The molecule has 1 amide bonds. The van der Waals surface area contributed by atoms with Crippen LogP contribution in [0.25, 0.3) is 0 Å². The van der Waals surface area contributed by atoms with Gasteiger partial charge in [-0.25, -0.2) is 0 Å². The highest BCUT2D eigenvalue weighted by molar-refractivity contribution is 9.10. The Hall–Kier alpha value is -1.63. The van der Waals surface area contributed by atoms with Gasteiger partial charge in [-0.2, -0.15) is 10.2 Å². The molecule has 0 saturated carbocycles. The Kier molecular flexibility index (Phi) is 4.27. The maximum absolute atomic E-state index is 12.3. The van der Waals surface area contributed by atoms with E-state index in [1.807, 2.05) is 18.5 Å². The van der Waals surface area contributed by atoms with Gasteiger partial charge in [-0.15, -0.1) is 0 Å². The lowest BCUT2D eigenvalue weighted by molar-refractivity contribution is 0.0778. The molecule has 7 heteroatoms. The standard InChI is InChI=1S/C13H18BrN5O/c1-5-19-9(3)10(8(2)17-19)7-18(4)13(20)12-11(14)6-15-16-12/h6H,5,7H2,1-4H3,(H,15,16). The lowest BCUT2D eigenvalue weighted by Crippen LogP contribution is -2.27. The second-order valence-corrected chi connectivity index (χ2v) is 5.57. The average Bonchev–Trinajstić information content (AvgIpc) is 2.95. The summed E-state index contributed by atoms with van der Waals surface area (Å²) in [5, 5.41) is 11.0. The van der Waals surface area contributed by atoms with Gasteiger partial charge in [0.15, 0.2) is 0 Å². The van der Waals surface area contributed by atoms with Gasteiger partial charge in [0.25, 0.3) is 5.91 Å². The molecule has 0 unspecified atom stereocenters. The van der Waals surface area contributed by atoms with Crippen molar-refractivity contribution >= 4 is 21.8 Å². The summed E-state index contributed by atoms with van der Waals surface area (Å²) < 4.78 is 2.63. The van der Waals surface area contributed by atoms with Crippen molar-refractivity contribution in [2.45, 2.75) is 33.9 Å². The third-order valence-electron chi connectivity index (χ3n) is 3.38. The molecule has 2 aromatic rings. The van der Waals surface area contributed by atoms with Crippen LogP contribution in [-0.4, -0.2) is 37.8 Å². The third-order valence-corrected chi connectivity index (χ3v) is 3.98. The highest BCUT2D eigenvalue weighted by Crippen LogP contribution is 2.18. The summed E-state index contributed by atoms with van der Waals surface area (Å²) in [4.78, 5) is 14.0. The SMILES string of the molecule is CCn1nc(C)c(CN(C)C(=O)c2[nH]ncc2Br)c1C. The molecule has 0 aliphatic rings. The maximum Gasteiger partial charge on any atom is 0.273 e. The van der Waals surface area contributed by atoms with Crippen molar-refractivity contribution in [1.29, 1.82) is 0 Å². The molecule has 0 bridgehead atoms. The molecule has 0 fully saturated rings. The van der Waals surface area contributed by atoms with Crippen molar-refractivity contribution in [3.05, 3.63) is 33.3 Å². The summed E-state index contributed by atoms with van der Waals surface area (Å²) in [6.45, 7) is 7.42. The molecule has 0 aliphatic heterocycles. The Balaban J connectivity index is 2.20. The van der Waals surface area contributed by atoms with E-state index in [0.29, 0.717) is 16.7 Å². The largest absolute Gasteiger partial charge is 0.336 e. The highest BCUT2D eigenvalue weighted by atomic mass is 79.9. The van der Waals surface area contributed by atoms with Crippen molar-refractivity contribution in [1.82, 2.24) is 24.9 Å². The zero-order valence-corrected chi connectivity index (χ0v) is 13.7. The van der Waals surface area contributed by atoms with E-state index in [-0.39, 0.29) is 5.91 Å². The van der Waals surface area contributed by atoms with Crippen LogP contribution in [0.4, 0.5) is 0 Å². The first-order valence-electron chi connectivity index (χ1n) is 6.42. The number of nitrogens with zero attached hydrogens (tertiary/aromatic N) is 4. The molecule has 2 aromatic heterocycles. The van der Waals surface area contributed by atoms with Gasteiger partial charge in [0.1, 0.15) is 5.69 Å². The van der Waals surface area contributed by atoms with E-state index in [1.165, 1.54) is 0 Å². The predicted molar refractivity (Wildman–Crippen MR) is 79.5 cm³/mol. The number of aromatic nitrogens is 4. The normalized spacial score (nSPS) is 10.8. The molecule has 2 heterocycles. The molecule has 20 heavy (non-hydrogen) atoms. The lowest BCUT2D eigenvalue weighted by Gasteiger charge is -2.17. The first-order valence-corrected chi connectivity index (χ1v) is 7.22. The van der Waals surface area contributed by atoms with Gasteiger partial charge in [-0.3, -0.25) is 14.6 Å². The van der Waals surface area contributed by atoms with Gasteiger partial charge in [0, 0.05) is 31.4 Å². The summed E-state index contributed by atoms with van der Waals surface area (Å²) in [7, 11) is 1.78. The van der Waals surface area contributed by atoms with Crippen molar-refractivity contribution in [3.8, 4) is 0 Å². The number of amides is 1. The van der Waals surface area contributed by atoms with E-state index in [4.69, 9.17) is 0 Å². The van der Waals surface area contributed by atoms with E-state index < -0.39 is 0 Å². The number of hydrogen-bond acceptors (Lipinski definition) is 3. The minimum atomic E-state index is -0.0996. The zero-order valence-electron chi connectivity index (χ0n) is 12.1. The van der Waals surface area contributed by atoms with E-state index in [0.717, 1.165) is 23.5 Å². The number of carbonyl (C=O) groups is 1. The maximum atomic E-state index is 12.3. The first-order chi connectivity index (χ1) is 9.45. The van der Waals surface area contributed by atoms with Crippen LogP contribution in [0.5, 0.6) is 0 Å². The Labute approximate surface area is 126 Å². The molecule has 0 atom stereocenters. The highest BCUT2D eigenvalue weighted by Gasteiger charge is 2.20. The Morgan fingerprint density at radius 1 is 1.50 bits per heavy atom. The van der Waals surface area contributed by atoms with Crippen LogP contribution in [0.2, 0.25) is 0 Å². The molecule has 0 radical (unpaired) electrons. The molecule has 1 N–H and O–H groups in total. The fraction of sp³-hybridized carbons (Fsp3) is 0.462. The third kappa shape index (κ3) is 2.63. The molecule has 0 saturated heterocycles. The minimum absolute atomic E-state index is 0.0996. The van der Waals surface area contributed by atoms with Crippen molar-refractivity contribution in [3.63, 3.8) is 0 Å². The monoisotopic (exact) mass is 339 g/mol. The summed E-state index contributed by atoms with van der Waals surface area (Å²) in [6.07, 6.45) is 1.58. The van der Waals surface area contributed by atoms with E-state index in [1.54, 1.807) is 18.1 Å². The Bertz CT molecular complexity index is 631. The number of carbonyl (C=O) groups excluding carboxylic acids is 1. The number of aryl methyl sites for hydroxylation is 2. The molecule has 108 valence electrons. The van der Waals surface area contributed by atoms with Crippen LogP contribution in [0.15, 0.2) is 10.7 Å². The average molecular weight is 340 g/mol. The van der Waals surface area contributed by atoms with Crippen LogP contribution < -0.4 is 0 Å². The number of nitrogens with one attached hydrogen (secondary N) is 1. The van der Waals surface area contributed by atoms with Crippen molar-refractivity contribution < 1.29 is 4.79 Å². The fourth-order valence-corrected chi connectivity index (χ4v) is 2.55. The first kappa shape index (κ1) is 14.8. The topological polar surface area (TPSA) is 66.8 Å². The molecular weight excluding hydrogens is 322 g/mol. The molecule has 0 aliphatic carbocycles. The van der Waals surface area contributed by atoms with E-state index in [9.17, 15) is 4.79 Å². The lowest BCUT2D eigenvalue weighted by atomic mass is 10.2. The van der Waals surface area contributed by atoms with Crippen LogP contribution in [0, 0.1) is 13.8 Å². The second-order valence-electron chi connectivity index (χ2n) is 4.72. The quantitative estimate of drug-likeness (QED) is 0.929. The molecule has 6 nitrogen and oxygen atoms in total.